The van der Waals surface area contributed by atoms with Crippen molar-refractivity contribution in [2.24, 2.45) is 10.8 Å². The summed E-state index contributed by atoms with van der Waals surface area (Å²) in [5.74, 6) is -1.22. The summed E-state index contributed by atoms with van der Waals surface area (Å²) in [5.41, 5.74) is 0.645. The third kappa shape index (κ3) is 13.8. The number of esters is 2. The van der Waals surface area contributed by atoms with Crippen molar-refractivity contribution < 1.29 is 64.8 Å². The summed E-state index contributed by atoms with van der Waals surface area (Å²) in [5, 5.41) is 10.4. The molecular formula is C48H61N3O14S2. The number of benzene rings is 3. The molecule has 4 aromatic rings. The number of pyridine rings is 1. The molecule has 0 saturated carbocycles. The molecule has 1 N–H and O–H groups in total. The number of para-hydroxylation sites is 1. The highest BCUT2D eigenvalue weighted by Gasteiger charge is 2.52. The molecule has 17 nitrogen and oxygen atoms in total. The van der Waals surface area contributed by atoms with Crippen molar-refractivity contribution in [2.75, 3.05) is 51.9 Å². The maximum Gasteiger partial charge on any atom is 0.410 e. The van der Waals surface area contributed by atoms with Gasteiger partial charge in [-0.3, -0.25) is 14.6 Å². The van der Waals surface area contributed by atoms with Crippen LogP contribution in [0.2, 0.25) is 0 Å². The highest BCUT2D eigenvalue weighted by atomic mass is 32.2. The number of amides is 2. The first kappa shape index (κ1) is 52.0. The topological polar surface area (TPSA) is 222 Å². The van der Waals surface area contributed by atoms with Gasteiger partial charge in [0.05, 0.1) is 53.9 Å². The molecule has 0 spiro atoms. The lowest BCUT2D eigenvalue weighted by atomic mass is 9.79. The summed E-state index contributed by atoms with van der Waals surface area (Å²) in [7, 11) is -5.04. The number of likely N-dealkylation sites (tertiary alicyclic amines) is 2. The van der Waals surface area contributed by atoms with Crippen LogP contribution in [-0.4, -0.2) is 124 Å². The van der Waals surface area contributed by atoms with E-state index in [0.29, 0.717) is 12.4 Å². The van der Waals surface area contributed by atoms with Gasteiger partial charge >= 0.3 is 24.1 Å². The second kappa shape index (κ2) is 20.1. The Morgan fingerprint density at radius 1 is 0.672 bits per heavy atom. The number of aromatic hydroxyl groups is 1. The number of carbonyl (C=O) groups is 4. The standard InChI is InChI=1S/C30H36N2O7S.C18H25NO7S/c1-20-8-7-9-25-22(14-21(2)31-27(20)25)16-38-23-10-12-24(13-11-23)40(35,36)19-30(15-26(33)37-6)17-32(18-30)28(34)39-29(3,4)5;1-17(2,3)26-16(22)19-10-18(11-19,9-15(21)25-4)12-27(23,24)14-7-5-13(20)6-8-14/h7-14H,15-19H2,1-6H3;5-8,20H,9-12H2,1-4H3. The van der Waals surface area contributed by atoms with Crippen LogP contribution in [0.4, 0.5) is 9.59 Å². The lowest BCUT2D eigenvalue weighted by Crippen LogP contribution is -2.62. The van der Waals surface area contributed by atoms with E-state index in [9.17, 15) is 41.1 Å². The van der Waals surface area contributed by atoms with Gasteiger partial charge in [0.15, 0.2) is 19.7 Å². The first-order valence-electron chi connectivity index (χ1n) is 21.5. The summed E-state index contributed by atoms with van der Waals surface area (Å²) >= 11 is 0. The van der Waals surface area contributed by atoms with Crippen LogP contribution in [0.25, 0.3) is 10.9 Å². The van der Waals surface area contributed by atoms with Gasteiger partial charge < -0.3 is 38.6 Å². The van der Waals surface area contributed by atoms with Gasteiger partial charge in [-0.2, -0.15) is 0 Å². The number of hydrogen-bond acceptors (Lipinski definition) is 15. The van der Waals surface area contributed by atoms with Crippen molar-refractivity contribution >= 4 is 54.7 Å². The summed E-state index contributed by atoms with van der Waals surface area (Å²) in [6, 6.07) is 19.4. The molecule has 2 aliphatic rings. The number of aryl methyl sites for hydroxylation is 2. The first-order chi connectivity index (χ1) is 31.1. The van der Waals surface area contributed by atoms with Gasteiger partial charge in [-0.1, -0.05) is 18.2 Å². The van der Waals surface area contributed by atoms with E-state index in [2.05, 4.69) is 4.98 Å². The van der Waals surface area contributed by atoms with Gasteiger partial charge in [0.1, 0.15) is 29.3 Å². The van der Waals surface area contributed by atoms with Crippen LogP contribution in [0.5, 0.6) is 11.5 Å². The SMILES string of the molecule is COC(=O)CC1(CS(=O)(=O)c2ccc(O)cc2)CN(C(=O)OC(C)(C)C)C1.COC(=O)CC1(CS(=O)(=O)c2ccc(OCc3cc(C)nc4c(C)cccc34)cc2)CN(C(=O)OC(C)(C)C)C1. The van der Waals surface area contributed by atoms with Gasteiger partial charge in [-0.05, 0) is 116 Å². The molecule has 2 fully saturated rings. The van der Waals surface area contributed by atoms with Crippen LogP contribution in [0.1, 0.15) is 71.2 Å². The summed E-state index contributed by atoms with van der Waals surface area (Å²) < 4.78 is 78.5. The minimum atomic E-state index is -3.79. The van der Waals surface area contributed by atoms with Crippen LogP contribution < -0.4 is 4.74 Å². The van der Waals surface area contributed by atoms with E-state index in [1.54, 1.807) is 53.7 Å². The van der Waals surface area contributed by atoms with Gasteiger partial charge in [0, 0.05) is 53.7 Å². The number of fused-ring (bicyclic) bond motifs is 1. The van der Waals surface area contributed by atoms with Crippen LogP contribution in [0, 0.1) is 24.7 Å². The van der Waals surface area contributed by atoms with Crippen molar-refractivity contribution in [1.82, 2.24) is 14.8 Å². The molecule has 2 amide bonds. The summed E-state index contributed by atoms with van der Waals surface area (Å²) in [6.07, 6.45) is -1.34. The first-order valence-corrected chi connectivity index (χ1v) is 24.8. The number of ether oxygens (including phenoxy) is 5. The average Bonchev–Trinajstić information content (AvgIpc) is 3.19. The monoisotopic (exact) mass is 967 g/mol. The van der Waals surface area contributed by atoms with Gasteiger partial charge in [0.2, 0.25) is 0 Å². The molecule has 3 aromatic carbocycles. The van der Waals surface area contributed by atoms with Crippen molar-refractivity contribution in [2.45, 2.75) is 95.8 Å². The number of phenols is 1. The van der Waals surface area contributed by atoms with Crippen LogP contribution in [0.3, 0.4) is 0 Å². The molecule has 2 aliphatic heterocycles. The molecule has 0 radical (unpaired) electrons. The molecule has 2 saturated heterocycles. The van der Waals surface area contributed by atoms with E-state index in [1.807, 2.05) is 38.1 Å². The van der Waals surface area contributed by atoms with E-state index in [4.69, 9.17) is 23.7 Å². The Bertz CT molecular complexity index is 2680. The lowest BCUT2D eigenvalue weighted by molar-refractivity contribution is -0.147. The summed E-state index contributed by atoms with van der Waals surface area (Å²) in [6.45, 7) is 15.1. The van der Waals surface area contributed by atoms with Crippen molar-refractivity contribution in [1.29, 1.82) is 0 Å². The van der Waals surface area contributed by atoms with Crippen LogP contribution in [0.15, 0.2) is 82.6 Å². The van der Waals surface area contributed by atoms with E-state index >= 15 is 0 Å². The Hall–Kier alpha value is -5.95. The number of nitrogens with zero attached hydrogens (tertiary/aromatic N) is 3. The zero-order valence-corrected chi connectivity index (χ0v) is 41.3. The Balaban J connectivity index is 0.000000271. The number of hydrogen-bond donors (Lipinski definition) is 1. The molecule has 0 unspecified atom stereocenters. The van der Waals surface area contributed by atoms with E-state index in [-0.39, 0.29) is 66.1 Å². The third-order valence-electron chi connectivity index (χ3n) is 10.9. The second-order valence-electron chi connectivity index (χ2n) is 19.3. The Morgan fingerprint density at radius 2 is 1.10 bits per heavy atom. The molecule has 0 bridgehead atoms. The maximum absolute atomic E-state index is 13.4. The minimum absolute atomic E-state index is 0.0419. The molecule has 1 aromatic heterocycles. The van der Waals surface area contributed by atoms with Crippen molar-refractivity contribution in [3.05, 3.63) is 89.6 Å². The maximum atomic E-state index is 13.4. The lowest BCUT2D eigenvalue weighted by Gasteiger charge is -2.49. The van der Waals surface area contributed by atoms with Crippen LogP contribution in [-0.2, 0) is 54.8 Å². The number of methoxy groups -OCH3 is 2. The fourth-order valence-corrected chi connectivity index (χ4v) is 11.6. The predicted octanol–water partition coefficient (Wildman–Crippen LogP) is 6.97. The fourth-order valence-electron chi connectivity index (χ4n) is 7.96. The van der Waals surface area contributed by atoms with E-state index < -0.39 is 65.8 Å². The van der Waals surface area contributed by atoms with Crippen molar-refractivity contribution in [3.8, 4) is 11.5 Å². The van der Waals surface area contributed by atoms with Gasteiger partial charge in [-0.25, -0.2) is 26.4 Å². The number of sulfone groups is 2. The molecule has 0 aliphatic carbocycles. The molecule has 6 rings (SSSR count). The molecular weight excluding hydrogens is 907 g/mol. The highest BCUT2D eigenvalue weighted by Crippen LogP contribution is 2.40. The smallest absolute Gasteiger partial charge is 0.410 e. The largest absolute Gasteiger partial charge is 0.508 e. The quantitative estimate of drug-likeness (QED) is 0.106. The molecule has 364 valence electrons. The number of carbonyl (C=O) groups excluding carboxylic acids is 4. The van der Waals surface area contributed by atoms with Gasteiger partial charge in [0.25, 0.3) is 0 Å². The molecule has 19 heteroatoms. The normalized spacial score (nSPS) is 15.5. The van der Waals surface area contributed by atoms with Crippen LogP contribution >= 0.6 is 0 Å². The average molecular weight is 968 g/mol. The van der Waals surface area contributed by atoms with E-state index in [0.717, 1.165) is 27.7 Å². The number of aromatic nitrogens is 1. The fraction of sp³-hybridized carbons (Fsp3) is 0.479. The van der Waals surface area contributed by atoms with Crippen molar-refractivity contribution in [3.63, 3.8) is 0 Å². The number of phenolic OH excluding ortho intramolecular Hbond substituents is 1. The Labute approximate surface area is 392 Å². The minimum Gasteiger partial charge on any atom is -0.508 e. The van der Waals surface area contributed by atoms with Gasteiger partial charge in [-0.15, -0.1) is 0 Å². The highest BCUT2D eigenvalue weighted by molar-refractivity contribution is 7.91. The second-order valence-corrected chi connectivity index (χ2v) is 23.3. The predicted molar refractivity (Wildman–Crippen MR) is 248 cm³/mol. The number of rotatable bonds is 13. The Morgan fingerprint density at radius 3 is 1.52 bits per heavy atom. The third-order valence-corrected chi connectivity index (χ3v) is 14.9. The summed E-state index contributed by atoms with van der Waals surface area (Å²) in [4.78, 5) is 56.1. The zero-order chi connectivity index (χ0) is 49.8. The molecule has 3 heterocycles. The Kier molecular flexibility index (Phi) is 15.6. The molecule has 67 heavy (non-hydrogen) atoms. The zero-order valence-electron chi connectivity index (χ0n) is 39.7. The molecule has 0 atom stereocenters. The van der Waals surface area contributed by atoms with E-state index in [1.165, 1.54) is 60.4 Å².